The molecule has 0 radical (unpaired) electrons. The molecule has 1 nitrogen and oxygen atoms in total. The van der Waals surface area contributed by atoms with E-state index in [9.17, 15) is 0 Å². The molecule has 1 fully saturated rings. The second kappa shape index (κ2) is 5.33. The van der Waals surface area contributed by atoms with Gasteiger partial charge in [0, 0.05) is 10.9 Å². The van der Waals surface area contributed by atoms with Gasteiger partial charge < -0.3 is 5.32 Å². The van der Waals surface area contributed by atoms with Crippen LogP contribution in [0.15, 0.2) is 11.4 Å². The Kier molecular flexibility index (Phi) is 4.04. The fourth-order valence-corrected chi connectivity index (χ4v) is 3.53. The van der Waals surface area contributed by atoms with E-state index < -0.39 is 0 Å². The average molecular weight is 237 g/mol. The minimum absolute atomic E-state index is 0.616. The zero-order chi connectivity index (χ0) is 11.5. The predicted octanol–water partition coefficient (Wildman–Crippen LogP) is 3.94. The molecule has 1 saturated carbocycles. The molecule has 0 aliphatic heterocycles. The Morgan fingerprint density at radius 1 is 1.44 bits per heavy atom. The summed E-state index contributed by atoms with van der Waals surface area (Å²) in [5.41, 5.74) is 1.59. The summed E-state index contributed by atoms with van der Waals surface area (Å²) in [6.07, 6.45) is 4.20. The highest BCUT2D eigenvalue weighted by molar-refractivity contribution is 7.10. The Morgan fingerprint density at radius 2 is 2.25 bits per heavy atom. The third-order valence-corrected chi connectivity index (χ3v) is 4.51. The standard InChI is InChI=1S/C14H23NS/c1-10(2)15-8-12-5-4-6-14(12)13-7-11(3)16-9-13/h7,9-10,12,14-15H,4-6,8H2,1-3H3. The van der Waals surface area contributed by atoms with Gasteiger partial charge in [-0.1, -0.05) is 20.3 Å². The summed E-state index contributed by atoms with van der Waals surface area (Å²) < 4.78 is 0. The molecule has 90 valence electrons. The first-order valence-electron chi connectivity index (χ1n) is 6.45. The maximum Gasteiger partial charge on any atom is 0.00171 e. The van der Waals surface area contributed by atoms with Crippen LogP contribution in [0.3, 0.4) is 0 Å². The van der Waals surface area contributed by atoms with E-state index in [1.807, 2.05) is 11.3 Å². The van der Waals surface area contributed by atoms with Crippen molar-refractivity contribution < 1.29 is 0 Å². The topological polar surface area (TPSA) is 12.0 Å². The van der Waals surface area contributed by atoms with Crippen LogP contribution in [-0.2, 0) is 0 Å². The van der Waals surface area contributed by atoms with E-state index in [1.165, 1.54) is 30.7 Å². The first-order chi connectivity index (χ1) is 7.66. The highest BCUT2D eigenvalue weighted by Gasteiger charge is 2.28. The van der Waals surface area contributed by atoms with Crippen LogP contribution in [0.5, 0.6) is 0 Å². The van der Waals surface area contributed by atoms with Crippen LogP contribution in [0, 0.1) is 12.8 Å². The Morgan fingerprint density at radius 3 is 2.88 bits per heavy atom. The minimum atomic E-state index is 0.616. The lowest BCUT2D eigenvalue weighted by Crippen LogP contribution is -2.29. The molecule has 0 saturated heterocycles. The molecule has 0 amide bonds. The summed E-state index contributed by atoms with van der Waals surface area (Å²) in [5, 5.41) is 5.97. The van der Waals surface area contributed by atoms with Crippen molar-refractivity contribution in [1.82, 2.24) is 5.32 Å². The van der Waals surface area contributed by atoms with Gasteiger partial charge in [-0.2, -0.15) is 0 Å². The van der Waals surface area contributed by atoms with Crippen LogP contribution in [0.4, 0.5) is 0 Å². The molecule has 1 aliphatic carbocycles. The third kappa shape index (κ3) is 2.86. The van der Waals surface area contributed by atoms with Gasteiger partial charge in [-0.25, -0.2) is 0 Å². The van der Waals surface area contributed by atoms with Crippen molar-refractivity contribution in [2.24, 2.45) is 5.92 Å². The van der Waals surface area contributed by atoms with E-state index >= 15 is 0 Å². The van der Waals surface area contributed by atoms with E-state index in [1.54, 1.807) is 5.56 Å². The summed E-state index contributed by atoms with van der Waals surface area (Å²) in [7, 11) is 0. The van der Waals surface area contributed by atoms with Gasteiger partial charge in [0.05, 0.1) is 0 Å². The van der Waals surface area contributed by atoms with Gasteiger partial charge in [0.1, 0.15) is 0 Å². The summed E-state index contributed by atoms with van der Waals surface area (Å²) in [4.78, 5) is 1.46. The fraction of sp³-hybridized carbons (Fsp3) is 0.714. The van der Waals surface area contributed by atoms with E-state index in [2.05, 4.69) is 37.5 Å². The van der Waals surface area contributed by atoms with Crippen molar-refractivity contribution in [3.8, 4) is 0 Å². The highest BCUT2D eigenvalue weighted by atomic mass is 32.1. The summed E-state index contributed by atoms with van der Waals surface area (Å²) in [5.74, 6) is 1.67. The van der Waals surface area contributed by atoms with Crippen molar-refractivity contribution in [3.05, 3.63) is 21.9 Å². The summed E-state index contributed by atoms with van der Waals surface area (Å²) in [6, 6.07) is 3.01. The molecule has 1 N–H and O–H groups in total. The molecule has 0 spiro atoms. The van der Waals surface area contributed by atoms with Gasteiger partial charge in [-0.15, -0.1) is 11.3 Å². The van der Waals surface area contributed by atoms with Gasteiger partial charge in [-0.05, 0) is 55.2 Å². The molecule has 2 unspecified atom stereocenters. The maximum atomic E-state index is 3.60. The number of hydrogen-bond acceptors (Lipinski definition) is 2. The molecular weight excluding hydrogens is 214 g/mol. The van der Waals surface area contributed by atoms with Crippen LogP contribution in [-0.4, -0.2) is 12.6 Å². The van der Waals surface area contributed by atoms with E-state index in [-0.39, 0.29) is 0 Å². The number of aryl methyl sites for hydroxylation is 1. The summed E-state index contributed by atoms with van der Waals surface area (Å²) >= 11 is 1.90. The van der Waals surface area contributed by atoms with Gasteiger partial charge >= 0.3 is 0 Å². The van der Waals surface area contributed by atoms with Crippen molar-refractivity contribution in [2.45, 2.75) is 52.0 Å². The van der Waals surface area contributed by atoms with Crippen LogP contribution in [0.25, 0.3) is 0 Å². The molecule has 2 atom stereocenters. The lowest BCUT2D eigenvalue weighted by Gasteiger charge is -2.20. The largest absolute Gasteiger partial charge is 0.314 e. The third-order valence-electron chi connectivity index (χ3n) is 3.63. The van der Waals surface area contributed by atoms with Gasteiger partial charge in [0.25, 0.3) is 0 Å². The maximum absolute atomic E-state index is 3.60. The lowest BCUT2D eigenvalue weighted by molar-refractivity contribution is 0.423. The minimum Gasteiger partial charge on any atom is -0.314 e. The number of hydrogen-bond donors (Lipinski definition) is 1. The Bertz CT molecular complexity index is 329. The molecule has 0 aromatic carbocycles. The second-order valence-electron chi connectivity index (χ2n) is 5.35. The van der Waals surface area contributed by atoms with Crippen LogP contribution >= 0.6 is 11.3 Å². The first kappa shape index (κ1) is 12.1. The SMILES string of the molecule is Cc1cc(C2CCCC2CNC(C)C)cs1. The van der Waals surface area contributed by atoms with Gasteiger partial charge in [0.15, 0.2) is 0 Å². The smallest absolute Gasteiger partial charge is 0.00171 e. The molecular formula is C14H23NS. The van der Waals surface area contributed by atoms with Crippen molar-refractivity contribution >= 4 is 11.3 Å². The zero-order valence-corrected chi connectivity index (χ0v) is 11.4. The monoisotopic (exact) mass is 237 g/mol. The molecule has 1 aromatic heterocycles. The molecule has 2 heteroatoms. The average Bonchev–Trinajstić information content (AvgIpc) is 2.82. The molecule has 1 aliphatic rings. The number of nitrogens with one attached hydrogen (secondary N) is 1. The normalized spacial score (nSPS) is 25.5. The fourth-order valence-electron chi connectivity index (χ4n) is 2.77. The van der Waals surface area contributed by atoms with Crippen LogP contribution < -0.4 is 5.32 Å². The summed E-state index contributed by atoms with van der Waals surface area (Å²) in [6.45, 7) is 7.87. The quantitative estimate of drug-likeness (QED) is 0.836. The van der Waals surface area contributed by atoms with Gasteiger partial charge in [0.2, 0.25) is 0 Å². The number of thiophene rings is 1. The Labute approximate surface area is 103 Å². The van der Waals surface area contributed by atoms with E-state index in [0.717, 1.165) is 11.8 Å². The zero-order valence-electron chi connectivity index (χ0n) is 10.6. The molecule has 1 aromatic rings. The predicted molar refractivity (Wildman–Crippen MR) is 72.3 cm³/mol. The van der Waals surface area contributed by atoms with E-state index in [4.69, 9.17) is 0 Å². The van der Waals surface area contributed by atoms with Crippen molar-refractivity contribution in [1.29, 1.82) is 0 Å². The highest BCUT2D eigenvalue weighted by Crippen LogP contribution is 2.40. The first-order valence-corrected chi connectivity index (χ1v) is 7.33. The van der Waals surface area contributed by atoms with E-state index in [0.29, 0.717) is 6.04 Å². The molecule has 2 rings (SSSR count). The van der Waals surface area contributed by atoms with Crippen molar-refractivity contribution in [2.75, 3.05) is 6.54 Å². The van der Waals surface area contributed by atoms with Crippen LogP contribution in [0.2, 0.25) is 0 Å². The van der Waals surface area contributed by atoms with Gasteiger partial charge in [-0.3, -0.25) is 0 Å². The molecule has 1 heterocycles. The van der Waals surface area contributed by atoms with Crippen LogP contribution in [0.1, 0.15) is 49.5 Å². The molecule has 16 heavy (non-hydrogen) atoms. The second-order valence-corrected chi connectivity index (χ2v) is 6.47. The lowest BCUT2D eigenvalue weighted by atomic mass is 9.90. The van der Waals surface area contributed by atoms with Crippen molar-refractivity contribution in [3.63, 3.8) is 0 Å². The number of rotatable bonds is 4. The Hall–Kier alpha value is -0.340. The molecule has 0 bridgehead atoms. The Balaban J connectivity index is 1.98.